The molecule has 0 amide bonds. The van der Waals surface area contributed by atoms with Crippen molar-refractivity contribution in [2.75, 3.05) is 7.11 Å². The van der Waals surface area contributed by atoms with Crippen molar-refractivity contribution in [1.29, 1.82) is 0 Å². The molecule has 0 bridgehead atoms. The molecule has 2 aromatic rings. The van der Waals surface area contributed by atoms with E-state index >= 15 is 0 Å². The number of aliphatic hydroxyl groups excluding tert-OH is 1. The monoisotopic (exact) mass is 248 g/mol. The summed E-state index contributed by atoms with van der Waals surface area (Å²) >= 11 is 1.60. The van der Waals surface area contributed by atoms with Gasteiger partial charge in [0.15, 0.2) is 0 Å². The summed E-state index contributed by atoms with van der Waals surface area (Å²) in [5, 5.41) is 12.4. The summed E-state index contributed by atoms with van der Waals surface area (Å²) in [5.41, 5.74) is 2.09. The Bertz CT molecular complexity index is 490. The SMILES string of the molecule is CCc1ccsc1C(O)c1cccc(OC)c1. The van der Waals surface area contributed by atoms with E-state index in [4.69, 9.17) is 4.74 Å². The summed E-state index contributed by atoms with van der Waals surface area (Å²) in [5.74, 6) is 0.774. The minimum atomic E-state index is -0.556. The van der Waals surface area contributed by atoms with E-state index in [2.05, 4.69) is 13.0 Å². The molecule has 0 fully saturated rings. The van der Waals surface area contributed by atoms with Crippen molar-refractivity contribution in [3.8, 4) is 5.75 Å². The molecule has 3 heteroatoms. The van der Waals surface area contributed by atoms with Crippen LogP contribution in [0, 0.1) is 0 Å². The molecule has 0 aliphatic heterocycles. The second-order valence-corrected chi connectivity index (χ2v) is 4.79. The molecule has 1 atom stereocenters. The highest BCUT2D eigenvalue weighted by Crippen LogP contribution is 2.31. The third-order valence-corrected chi connectivity index (χ3v) is 3.83. The van der Waals surface area contributed by atoms with Crippen LogP contribution in [-0.2, 0) is 6.42 Å². The maximum absolute atomic E-state index is 10.4. The highest BCUT2D eigenvalue weighted by molar-refractivity contribution is 7.10. The zero-order chi connectivity index (χ0) is 12.3. The van der Waals surface area contributed by atoms with Gasteiger partial charge < -0.3 is 9.84 Å². The van der Waals surface area contributed by atoms with Crippen LogP contribution in [0.1, 0.15) is 29.0 Å². The van der Waals surface area contributed by atoms with Crippen LogP contribution in [0.15, 0.2) is 35.7 Å². The summed E-state index contributed by atoms with van der Waals surface area (Å²) < 4.78 is 5.17. The van der Waals surface area contributed by atoms with E-state index in [1.165, 1.54) is 5.56 Å². The van der Waals surface area contributed by atoms with E-state index in [0.29, 0.717) is 0 Å². The van der Waals surface area contributed by atoms with Gasteiger partial charge in [-0.1, -0.05) is 19.1 Å². The lowest BCUT2D eigenvalue weighted by Crippen LogP contribution is -2.00. The number of thiophene rings is 1. The van der Waals surface area contributed by atoms with Gasteiger partial charge in [0.25, 0.3) is 0 Å². The van der Waals surface area contributed by atoms with Crippen molar-refractivity contribution in [3.63, 3.8) is 0 Å². The number of benzene rings is 1. The van der Waals surface area contributed by atoms with Crippen molar-refractivity contribution in [2.45, 2.75) is 19.4 Å². The van der Waals surface area contributed by atoms with Gasteiger partial charge in [0, 0.05) is 4.88 Å². The van der Waals surface area contributed by atoms with Gasteiger partial charge in [0.05, 0.1) is 7.11 Å². The topological polar surface area (TPSA) is 29.5 Å². The van der Waals surface area contributed by atoms with Crippen LogP contribution in [0.5, 0.6) is 5.75 Å². The smallest absolute Gasteiger partial charge is 0.119 e. The fraction of sp³-hybridized carbons (Fsp3) is 0.286. The largest absolute Gasteiger partial charge is 0.497 e. The fourth-order valence-corrected chi connectivity index (χ4v) is 2.85. The van der Waals surface area contributed by atoms with Crippen LogP contribution in [0.4, 0.5) is 0 Å². The highest BCUT2D eigenvalue weighted by Gasteiger charge is 2.15. The van der Waals surface area contributed by atoms with E-state index in [1.54, 1.807) is 18.4 Å². The minimum absolute atomic E-state index is 0.556. The average molecular weight is 248 g/mol. The summed E-state index contributed by atoms with van der Waals surface area (Å²) in [6.45, 7) is 2.10. The molecular formula is C14H16O2S. The Labute approximate surface area is 105 Å². The standard InChI is InChI=1S/C14H16O2S/c1-3-10-7-8-17-14(10)13(15)11-5-4-6-12(9-11)16-2/h4-9,13,15H,3H2,1-2H3. The first-order valence-corrected chi connectivity index (χ1v) is 6.52. The van der Waals surface area contributed by atoms with Gasteiger partial charge in [-0.3, -0.25) is 0 Å². The zero-order valence-electron chi connectivity index (χ0n) is 10.0. The summed E-state index contributed by atoms with van der Waals surface area (Å²) in [7, 11) is 1.63. The predicted octanol–water partition coefficient (Wildman–Crippen LogP) is 3.40. The van der Waals surface area contributed by atoms with Crippen LogP contribution < -0.4 is 4.74 Å². The molecule has 1 heterocycles. The Kier molecular flexibility index (Phi) is 3.82. The normalized spacial score (nSPS) is 12.4. The summed E-state index contributed by atoms with van der Waals surface area (Å²) in [6.07, 6.45) is 0.389. The van der Waals surface area contributed by atoms with Crippen LogP contribution >= 0.6 is 11.3 Å². The van der Waals surface area contributed by atoms with Crippen LogP contribution in [0.2, 0.25) is 0 Å². The third kappa shape index (κ3) is 2.51. The van der Waals surface area contributed by atoms with Crippen molar-refractivity contribution in [2.24, 2.45) is 0 Å². The molecule has 1 aromatic carbocycles. The first-order valence-electron chi connectivity index (χ1n) is 5.64. The Morgan fingerprint density at radius 1 is 1.35 bits per heavy atom. The third-order valence-electron chi connectivity index (χ3n) is 2.82. The Morgan fingerprint density at radius 3 is 2.88 bits per heavy atom. The second-order valence-electron chi connectivity index (χ2n) is 3.84. The Hall–Kier alpha value is -1.32. The molecule has 2 nitrogen and oxygen atoms in total. The van der Waals surface area contributed by atoms with Crippen LogP contribution in [0.3, 0.4) is 0 Å². The number of methoxy groups -OCH3 is 1. The molecule has 0 saturated heterocycles. The average Bonchev–Trinajstić information content (AvgIpc) is 2.86. The minimum Gasteiger partial charge on any atom is -0.497 e. The number of aliphatic hydroxyl groups is 1. The molecule has 0 radical (unpaired) electrons. The summed E-state index contributed by atoms with van der Waals surface area (Å²) in [4.78, 5) is 1.03. The van der Waals surface area contributed by atoms with Crippen LogP contribution in [-0.4, -0.2) is 12.2 Å². The number of ether oxygens (including phenoxy) is 1. The molecule has 0 saturated carbocycles. The molecule has 0 spiro atoms. The number of aryl methyl sites for hydroxylation is 1. The molecule has 0 aliphatic rings. The van der Waals surface area contributed by atoms with Gasteiger partial charge >= 0.3 is 0 Å². The molecule has 1 unspecified atom stereocenters. The van der Waals surface area contributed by atoms with Crippen molar-refractivity contribution in [1.82, 2.24) is 0 Å². The number of rotatable bonds is 4. The van der Waals surface area contributed by atoms with Gasteiger partial charge in [-0.2, -0.15) is 0 Å². The summed E-state index contributed by atoms with van der Waals surface area (Å²) in [6, 6.07) is 9.65. The van der Waals surface area contributed by atoms with Gasteiger partial charge in [-0.15, -0.1) is 11.3 Å². The molecule has 1 N–H and O–H groups in total. The zero-order valence-corrected chi connectivity index (χ0v) is 10.8. The molecule has 1 aromatic heterocycles. The molecular weight excluding hydrogens is 232 g/mol. The van der Waals surface area contributed by atoms with E-state index < -0.39 is 6.10 Å². The quantitative estimate of drug-likeness (QED) is 0.898. The van der Waals surface area contributed by atoms with Gasteiger partial charge in [-0.25, -0.2) is 0 Å². The highest BCUT2D eigenvalue weighted by atomic mass is 32.1. The van der Waals surface area contributed by atoms with Gasteiger partial charge in [-0.05, 0) is 41.1 Å². The first kappa shape index (κ1) is 12.1. The van der Waals surface area contributed by atoms with E-state index in [9.17, 15) is 5.11 Å². The number of hydrogen-bond acceptors (Lipinski definition) is 3. The maximum atomic E-state index is 10.4. The Balaban J connectivity index is 2.33. The lowest BCUT2D eigenvalue weighted by Gasteiger charge is -2.12. The molecule has 0 aliphatic carbocycles. The fourth-order valence-electron chi connectivity index (χ4n) is 1.84. The second kappa shape index (κ2) is 5.34. The lowest BCUT2D eigenvalue weighted by molar-refractivity contribution is 0.222. The van der Waals surface area contributed by atoms with Crippen molar-refractivity contribution in [3.05, 3.63) is 51.7 Å². The molecule has 2 rings (SSSR count). The van der Waals surface area contributed by atoms with E-state index in [-0.39, 0.29) is 0 Å². The predicted molar refractivity (Wildman–Crippen MR) is 70.8 cm³/mol. The Morgan fingerprint density at radius 2 is 2.18 bits per heavy atom. The van der Waals surface area contributed by atoms with Crippen LogP contribution in [0.25, 0.3) is 0 Å². The first-order chi connectivity index (χ1) is 8.26. The van der Waals surface area contributed by atoms with Crippen molar-refractivity contribution < 1.29 is 9.84 Å². The molecule has 90 valence electrons. The van der Waals surface area contributed by atoms with Gasteiger partial charge in [0.2, 0.25) is 0 Å². The van der Waals surface area contributed by atoms with E-state index in [1.807, 2.05) is 29.6 Å². The van der Waals surface area contributed by atoms with Gasteiger partial charge in [0.1, 0.15) is 11.9 Å². The van der Waals surface area contributed by atoms with E-state index in [0.717, 1.165) is 22.6 Å². The number of hydrogen-bond donors (Lipinski definition) is 1. The molecule has 17 heavy (non-hydrogen) atoms. The maximum Gasteiger partial charge on any atom is 0.119 e. The lowest BCUT2D eigenvalue weighted by atomic mass is 10.0. The van der Waals surface area contributed by atoms with Crippen molar-refractivity contribution >= 4 is 11.3 Å².